The van der Waals surface area contributed by atoms with Gasteiger partial charge in [-0.05, 0) is 39.7 Å². The van der Waals surface area contributed by atoms with E-state index in [1.807, 2.05) is 0 Å². The van der Waals surface area contributed by atoms with Gasteiger partial charge >= 0.3 is 5.97 Å². The summed E-state index contributed by atoms with van der Waals surface area (Å²) in [6, 6.07) is 3.28. The van der Waals surface area contributed by atoms with Crippen LogP contribution in [0.15, 0.2) is 18.2 Å². The SMILES string of the molecule is CCOC(=O)[C@](C)(CCc1ccc([N+](=O)[O-])cc1[N+](=O)[O-])C(C)=O. The van der Waals surface area contributed by atoms with Gasteiger partial charge in [-0.1, -0.05) is 0 Å². The summed E-state index contributed by atoms with van der Waals surface area (Å²) in [6.07, 6.45) is 0.0308. The molecule has 0 aliphatic rings. The number of aryl methyl sites for hydroxylation is 1. The van der Waals surface area contributed by atoms with Gasteiger partial charge in [-0.15, -0.1) is 0 Å². The van der Waals surface area contributed by atoms with Crippen LogP contribution in [0.5, 0.6) is 0 Å². The molecule has 0 aliphatic carbocycles. The highest BCUT2D eigenvalue weighted by atomic mass is 16.6. The van der Waals surface area contributed by atoms with Gasteiger partial charge in [0.25, 0.3) is 11.4 Å². The van der Waals surface area contributed by atoms with Crippen LogP contribution in [0.25, 0.3) is 0 Å². The van der Waals surface area contributed by atoms with Crippen molar-refractivity contribution in [3.05, 3.63) is 44.0 Å². The van der Waals surface area contributed by atoms with Crippen molar-refractivity contribution >= 4 is 23.1 Å². The smallest absolute Gasteiger partial charge is 0.319 e. The number of non-ortho nitro benzene ring substituents is 1. The van der Waals surface area contributed by atoms with Crippen molar-refractivity contribution in [1.82, 2.24) is 0 Å². The number of nitro benzene ring substituents is 2. The summed E-state index contributed by atoms with van der Waals surface area (Å²) < 4.78 is 4.90. The molecule has 1 aromatic rings. The van der Waals surface area contributed by atoms with E-state index in [9.17, 15) is 29.8 Å². The van der Waals surface area contributed by atoms with Crippen molar-refractivity contribution in [3.8, 4) is 0 Å². The van der Waals surface area contributed by atoms with E-state index in [2.05, 4.69) is 0 Å². The number of nitrogens with zero attached hydrogens (tertiary/aromatic N) is 2. The second kappa shape index (κ2) is 7.62. The Balaban J connectivity index is 3.11. The zero-order valence-electron chi connectivity index (χ0n) is 13.6. The molecule has 9 nitrogen and oxygen atoms in total. The molecule has 0 spiro atoms. The number of hydrogen-bond donors (Lipinski definition) is 0. The van der Waals surface area contributed by atoms with Crippen molar-refractivity contribution < 1.29 is 24.2 Å². The summed E-state index contributed by atoms with van der Waals surface area (Å²) in [5.74, 6) is -1.10. The van der Waals surface area contributed by atoms with Crippen LogP contribution in [0.1, 0.15) is 32.8 Å². The monoisotopic (exact) mass is 338 g/mol. The van der Waals surface area contributed by atoms with Crippen molar-refractivity contribution in [2.75, 3.05) is 6.61 Å². The Hall–Kier alpha value is -2.84. The van der Waals surface area contributed by atoms with Gasteiger partial charge in [0.15, 0.2) is 0 Å². The molecule has 0 aromatic heterocycles. The standard InChI is InChI=1S/C15H18N2O7/c1-4-24-14(19)15(3,10(2)18)8-7-11-5-6-12(16(20)21)9-13(11)17(22)23/h5-6,9H,4,7-8H2,1-3H3/t15-/m1/s1. The Labute approximate surface area is 137 Å². The molecule has 1 atom stereocenters. The molecule has 0 unspecified atom stereocenters. The predicted molar refractivity (Wildman–Crippen MR) is 83.5 cm³/mol. The van der Waals surface area contributed by atoms with Crippen LogP contribution >= 0.6 is 0 Å². The van der Waals surface area contributed by atoms with Gasteiger partial charge in [-0.2, -0.15) is 0 Å². The third-order valence-corrected chi connectivity index (χ3v) is 3.87. The first-order chi connectivity index (χ1) is 11.1. The summed E-state index contributed by atoms with van der Waals surface area (Å²) in [5.41, 5.74) is -2.03. The third-order valence-electron chi connectivity index (χ3n) is 3.87. The molecule has 24 heavy (non-hydrogen) atoms. The molecule has 0 heterocycles. The maximum Gasteiger partial charge on any atom is 0.319 e. The van der Waals surface area contributed by atoms with E-state index in [1.54, 1.807) is 6.92 Å². The van der Waals surface area contributed by atoms with Gasteiger partial charge in [0, 0.05) is 11.6 Å². The van der Waals surface area contributed by atoms with Crippen molar-refractivity contribution in [1.29, 1.82) is 0 Å². The van der Waals surface area contributed by atoms with Crippen LogP contribution in [0.3, 0.4) is 0 Å². The Kier molecular flexibility index (Phi) is 6.10. The first-order valence-electron chi connectivity index (χ1n) is 7.23. The Bertz CT molecular complexity index is 686. The number of hydrogen-bond acceptors (Lipinski definition) is 7. The Morgan fingerprint density at radius 2 is 1.83 bits per heavy atom. The number of benzene rings is 1. The fourth-order valence-electron chi connectivity index (χ4n) is 2.14. The second-order valence-electron chi connectivity index (χ2n) is 5.44. The zero-order chi connectivity index (χ0) is 18.5. The normalized spacial score (nSPS) is 13.0. The molecular weight excluding hydrogens is 320 g/mol. The molecule has 1 rings (SSSR count). The lowest BCUT2D eigenvalue weighted by Gasteiger charge is -2.24. The van der Waals surface area contributed by atoms with Gasteiger partial charge in [-0.3, -0.25) is 29.8 Å². The van der Waals surface area contributed by atoms with Gasteiger partial charge < -0.3 is 4.74 Å². The number of esters is 1. The number of rotatable bonds is 8. The molecule has 0 N–H and O–H groups in total. The first kappa shape index (κ1) is 19.2. The summed E-state index contributed by atoms with van der Waals surface area (Å²) in [6.45, 7) is 4.39. The van der Waals surface area contributed by atoms with E-state index < -0.39 is 38.4 Å². The van der Waals surface area contributed by atoms with Crippen LogP contribution in [-0.2, 0) is 20.7 Å². The number of carbonyl (C=O) groups is 2. The molecule has 0 radical (unpaired) electrons. The third kappa shape index (κ3) is 4.12. The van der Waals surface area contributed by atoms with Gasteiger partial charge in [0.05, 0.1) is 22.5 Å². The fourth-order valence-corrected chi connectivity index (χ4v) is 2.14. The van der Waals surface area contributed by atoms with E-state index >= 15 is 0 Å². The van der Waals surface area contributed by atoms with Crippen molar-refractivity contribution in [3.63, 3.8) is 0 Å². The maximum absolute atomic E-state index is 12.0. The maximum atomic E-state index is 12.0. The highest BCUT2D eigenvalue weighted by molar-refractivity contribution is 6.02. The van der Waals surface area contributed by atoms with E-state index in [4.69, 9.17) is 4.74 Å². The molecule has 0 fully saturated rings. The number of carbonyl (C=O) groups excluding carboxylic acids is 2. The van der Waals surface area contributed by atoms with Crippen molar-refractivity contribution in [2.24, 2.45) is 5.41 Å². The number of Topliss-reactive ketones (excluding diaryl/α,β-unsaturated/α-hetero) is 1. The summed E-state index contributed by atoms with van der Waals surface area (Å²) in [4.78, 5) is 44.3. The highest BCUT2D eigenvalue weighted by Gasteiger charge is 2.39. The molecule has 0 aliphatic heterocycles. The topological polar surface area (TPSA) is 130 Å². The Morgan fingerprint density at radius 3 is 2.29 bits per heavy atom. The summed E-state index contributed by atoms with van der Waals surface area (Å²) in [5, 5.41) is 21.8. The van der Waals surface area contributed by atoms with Gasteiger partial charge in [0.2, 0.25) is 0 Å². The molecule has 130 valence electrons. The zero-order valence-corrected chi connectivity index (χ0v) is 13.6. The highest BCUT2D eigenvalue weighted by Crippen LogP contribution is 2.31. The minimum atomic E-state index is -1.42. The molecule has 0 saturated heterocycles. The molecule has 0 bridgehead atoms. The van der Waals surface area contributed by atoms with Crippen LogP contribution < -0.4 is 0 Å². The average molecular weight is 338 g/mol. The molecule has 1 aromatic carbocycles. The molecule has 0 saturated carbocycles. The lowest BCUT2D eigenvalue weighted by molar-refractivity contribution is -0.394. The summed E-state index contributed by atoms with van der Waals surface area (Å²) >= 11 is 0. The van der Waals surface area contributed by atoms with Crippen LogP contribution in [-0.4, -0.2) is 28.2 Å². The second-order valence-corrected chi connectivity index (χ2v) is 5.44. The summed E-state index contributed by atoms with van der Waals surface area (Å²) in [7, 11) is 0. The molecule has 0 amide bonds. The van der Waals surface area contributed by atoms with E-state index in [0.717, 1.165) is 12.1 Å². The number of ether oxygens (including phenoxy) is 1. The quantitative estimate of drug-likeness (QED) is 0.308. The Morgan fingerprint density at radius 1 is 1.21 bits per heavy atom. The molecule has 9 heteroatoms. The number of ketones is 1. The van der Waals surface area contributed by atoms with E-state index in [0.29, 0.717) is 0 Å². The van der Waals surface area contributed by atoms with Crippen LogP contribution in [0.2, 0.25) is 0 Å². The van der Waals surface area contributed by atoms with E-state index in [-0.39, 0.29) is 25.0 Å². The lowest BCUT2D eigenvalue weighted by Crippen LogP contribution is -2.37. The molecular formula is C15H18N2O7. The minimum absolute atomic E-state index is 0.000181. The van der Waals surface area contributed by atoms with Gasteiger partial charge in [-0.25, -0.2) is 0 Å². The van der Waals surface area contributed by atoms with Crippen LogP contribution in [0.4, 0.5) is 11.4 Å². The lowest BCUT2D eigenvalue weighted by atomic mass is 9.80. The van der Waals surface area contributed by atoms with Crippen molar-refractivity contribution in [2.45, 2.75) is 33.6 Å². The number of nitro groups is 2. The first-order valence-corrected chi connectivity index (χ1v) is 7.23. The predicted octanol–water partition coefficient (Wildman–Crippen LogP) is 2.59. The fraction of sp³-hybridized carbons (Fsp3) is 0.467. The average Bonchev–Trinajstić information content (AvgIpc) is 2.52. The van der Waals surface area contributed by atoms with Crippen LogP contribution in [0, 0.1) is 25.6 Å². The largest absolute Gasteiger partial charge is 0.465 e. The minimum Gasteiger partial charge on any atom is -0.465 e. The van der Waals surface area contributed by atoms with Gasteiger partial charge in [0.1, 0.15) is 11.2 Å². The van der Waals surface area contributed by atoms with E-state index in [1.165, 1.54) is 19.9 Å².